The lowest BCUT2D eigenvalue weighted by Crippen LogP contribution is -2.20. The van der Waals surface area contributed by atoms with Crippen molar-refractivity contribution in [1.82, 2.24) is 4.90 Å². The Morgan fingerprint density at radius 3 is 2.26 bits per heavy atom. The van der Waals surface area contributed by atoms with Gasteiger partial charge in [0.25, 0.3) is 0 Å². The SMILES string of the molecule is C=Cc1ccc(CCN(C)Cc2ccccc2)cc1. The van der Waals surface area contributed by atoms with Crippen LogP contribution in [0.25, 0.3) is 6.08 Å². The van der Waals surface area contributed by atoms with Crippen LogP contribution in [0.2, 0.25) is 0 Å². The third kappa shape index (κ3) is 4.38. The highest BCUT2D eigenvalue weighted by Gasteiger charge is 2.00. The molecule has 0 fully saturated rings. The maximum Gasteiger partial charge on any atom is 0.0230 e. The van der Waals surface area contributed by atoms with Crippen molar-refractivity contribution in [3.63, 3.8) is 0 Å². The zero-order chi connectivity index (χ0) is 13.5. The Balaban J connectivity index is 1.82. The summed E-state index contributed by atoms with van der Waals surface area (Å²) in [6.07, 6.45) is 2.96. The minimum Gasteiger partial charge on any atom is -0.302 e. The number of hydrogen-bond donors (Lipinski definition) is 0. The topological polar surface area (TPSA) is 3.24 Å². The van der Waals surface area contributed by atoms with Crippen molar-refractivity contribution in [3.05, 3.63) is 77.9 Å². The Hall–Kier alpha value is -1.86. The van der Waals surface area contributed by atoms with E-state index in [-0.39, 0.29) is 0 Å². The van der Waals surface area contributed by atoms with Crippen LogP contribution in [0.3, 0.4) is 0 Å². The van der Waals surface area contributed by atoms with E-state index < -0.39 is 0 Å². The molecule has 0 aliphatic rings. The zero-order valence-electron chi connectivity index (χ0n) is 11.5. The predicted octanol–water partition coefficient (Wildman–Crippen LogP) is 4.00. The summed E-state index contributed by atoms with van der Waals surface area (Å²) in [5, 5.41) is 0. The summed E-state index contributed by atoms with van der Waals surface area (Å²) in [5.74, 6) is 0. The van der Waals surface area contributed by atoms with Crippen molar-refractivity contribution < 1.29 is 0 Å². The number of nitrogens with zero attached hydrogens (tertiary/aromatic N) is 1. The lowest BCUT2D eigenvalue weighted by molar-refractivity contribution is 0.331. The first-order valence-electron chi connectivity index (χ1n) is 6.72. The maximum absolute atomic E-state index is 3.77. The van der Waals surface area contributed by atoms with E-state index in [4.69, 9.17) is 0 Å². The van der Waals surface area contributed by atoms with E-state index in [1.807, 2.05) is 6.08 Å². The molecule has 1 nitrogen and oxygen atoms in total. The average Bonchev–Trinajstić information content (AvgIpc) is 2.47. The van der Waals surface area contributed by atoms with Gasteiger partial charge in [0.2, 0.25) is 0 Å². The fraction of sp³-hybridized carbons (Fsp3) is 0.222. The number of hydrogen-bond acceptors (Lipinski definition) is 1. The first kappa shape index (κ1) is 13.6. The summed E-state index contributed by atoms with van der Waals surface area (Å²) >= 11 is 0. The van der Waals surface area contributed by atoms with E-state index in [0.29, 0.717) is 0 Å². The monoisotopic (exact) mass is 251 g/mol. The van der Waals surface area contributed by atoms with Crippen LogP contribution in [0.4, 0.5) is 0 Å². The molecule has 0 bridgehead atoms. The van der Waals surface area contributed by atoms with Gasteiger partial charge in [-0.2, -0.15) is 0 Å². The summed E-state index contributed by atoms with van der Waals surface area (Å²) in [4.78, 5) is 2.36. The summed E-state index contributed by atoms with van der Waals surface area (Å²) in [5.41, 5.74) is 3.93. The van der Waals surface area contributed by atoms with Crippen LogP contribution in [0.5, 0.6) is 0 Å². The van der Waals surface area contributed by atoms with Crippen molar-refractivity contribution in [1.29, 1.82) is 0 Å². The molecule has 19 heavy (non-hydrogen) atoms. The normalized spacial score (nSPS) is 10.6. The first-order chi connectivity index (χ1) is 9.28. The summed E-state index contributed by atoms with van der Waals surface area (Å²) < 4.78 is 0. The summed E-state index contributed by atoms with van der Waals surface area (Å²) in [6, 6.07) is 19.2. The van der Waals surface area contributed by atoms with E-state index >= 15 is 0 Å². The fourth-order valence-corrected chi connectivity index (χ4v) is 2.11. The van der Waals surface area contributed by atoms with Gasteiger partial charge in [0.05, 0.1) is 0 Å². The maximum atomic E-state index is 3.77. The Morgan fingerprint density at radius 2 is 1.63 bits per heavy atom. The van der Waals surface area contributed by atoms with Crippen LogP contribution in [0.1, 0.15) is 16.7 Å². The zero-order valence-corrected chi connectivity index (χ0v) is 11.5. The second-order valence-electron chi connectivity index (χ2n) is 4.92. The predicted molar refractivity (Wildman–Crippen MR) is 83.0 cm³/mol. The van der Waals surface area contributed by atoms with Gasteiger partial charge in [-0.05, 0) is 30.2 Å². The van der Waals surface area contributed by atoms with Crippen LogP contribution in [0.15, 0.2) is 61.2 Å². The molecule has 0 saturated heterocycles. The van der Waals surface area contributed by atoms with Crippen LogP contribution in [0, 0.1) is 0 Å². The number of rotatable bonds is 6. The molecule has 0 atom stereocenters. The van der Waals surface area contributed by atoms with Gasteiger partial charge in [-0.25, -0.2) is 0 Å². The smallest absolute Gasteiger partial charge is 0.0230 e. The molecule has 0 aliphatic carbocycles. The lowest BCUT2D eigenvalue weighted by Gasteiger charge is -2.16. The van der Waals surface area contributed by atoms with E-state index in [1.165, 1.54) is 16.7 Å². The summed E-state index contributed by atoms with van der Waals surface area (Å²) in [7, 11) is 2.17. The van der Waals surface area contributed by atoms with Crippen LogP contribution < -0.4 is 0 Å². The highest BCUT2D eigenvalue weighted by Crippen LogP contribution is 2.08. The Morgan fingerprint density at radius 1 is 0.947 bits per heavy atom. The number of benzene rings is 2. The second kappa shape index (κ2) is 6.91. The van der Waals surface area contributed by atoms with Crippen LogP contribution >= 0.6 is 0 Å². The molecule has 0 aliphatic heterocycles. The van der Waals surface area contributed by atoms with Crippen molar-refractivity contribution in [2.24, 2.45) is 0 Å². The quantitative estimate of drug-likeness (QED) is 0.750. The van der Waals surface area contributed by atoms with E-state index in [9.17, 15) is 0 Å². The van der Waals surface area contributed by atoms with Gasteiger partial charge in [-0.15, -0.1) is 0 Å². The highest BCUT2D eigenvalue weighted by atomic mass is 15.1. The molecule has 0 unspecified atom stereocenters. The van der Waals surface area contributed by atoms with Gasteiger partial charge < -0.3 is 4.90 Å². The van der Waals surface area contributed by atoms with Gasteiger partial charge in [0, 0.05) is 13.1 Å². The van der Waals surface area contributed by atoms with Gasteiger partial charge in [0.15, 0.2) is 0 Å². The average molecular weight is 251 g/mol. The van der Waals surface area contributed by atoms with E-state index in [1.54, 1.807) is 0 Å². The molecule has 98 valence electrons. The van der Waals surface area contributed by atoms with Crippen LogP contribution in [-0.4, -0.2) is 18.5 Å². The van der Waals surface area contributed by atoms with Crippen molar-refractivity contribution in [2.75, 3.05) is 13.6 Å². The molecule has 2 rings (SSSR count). The van der Waals surface area contributed by atoms with E-state index in [0.717, 1.165) is 19.5 Å². The minimum absolute atomic E-state index is 1.01. The van der Waals surface area contributed by atoms with Gasteiger partial charge >= 0.3 is 0 Å². The molecule has 1 heteroatoms. The lowest BCUT2D eigenvalue weighted by atomic mass is 10.1. The standard InChI is InChI=1S/C18H21N/c1-3-16-9-11-17(12-10-16)13-14-19(2)15-18-7-5-4-6-8-18/h3-12H,1,13-15H2,2H3. The number of likely N-dealkylation sites (N-methyl/N-ethyl adjacent to an activating group) is 1. The molecule has 0 spiro atoms. The third-order valence-corrected chi connectivity index (χ3v) is 3.29. The second-order valence-corrected chi connectivity index (χ2v) is 4.92. The molecular formula is C18H21N. The van der Waals surface area contributed by atoms with Crippen molar-refractivity contribution in [3.8, 4) is 0 Å². The van der Waals surface area contributed by atoms with Crippen molar-refractivity contribution >= 4 is 6.08 Å². The first-order valence-corrected chi connectivity index (χ1v) is 6.72. The van der Waals surface area contributed by atoms with Crippen LogP contribution in [-0.2, 0) is 13.0 Å². The largest absolute Gasteiger partial charge is 0.302 e. The molecular weight excluding hydrogens is 230 g/mol. The molecule has 0 saturated carbocycles. The molecule has 0 amide bonds. The Labute approximate surface area is 116 Å². The van der Waals surface area contributed by atoms with Gasteiger partial charge in [-0.3, -0.25) is 0 Å². The molecule has 0 aromatic heterocycles. The minimum atomic E-state index is 1.01. The molecule has 0 N–H and O–H groups in total. The Kier molecular flexibility index (Phi) is 4.93. The van der Waals surface area contributed by atoms with Crippen molar-refractivity contribution in [2.45, 2.75) is 13.0 Å². The fourth-order valence-electron chi connectivity index (χ4n) is 2.11. The highest BCUT2D eigenvalue weighted by molar-refractivity contribution is 5.47. The molecule has 0 heterocycles. The summed E-state index contributed by atoms with van der Waals surface area (Å²) in [6.45, 7) is 5.85. The van der Waals surface area contributed by atoms with Gasteiger partial charge in [0.1, 0.15) is 0 Å². The molecule has 0 radical (unpaired) electrons. The molecule has 2 aromatic rings. The third-order valence-electron chi connectivity index (χ3n) is 3.29. The van der Waals surface area contributed by atoms with Gasteiger partial charge in [-0.1, -0.05) is 67.3 Å². The molecule has 2 aromatic carbocycles. The Bertz CT molecular complexity index is 499. The van der Waals surface area contributed by atoms with E-state index in [2.05, 4.69) is 73.1 Å².